The van der Waals surface area contributed by atoms with E-state index in [0.29, 0.717) is 5.41 Å². The van der Waals surface area contributed by atoms with Gasteiger partial charge in [-0.2, -0.15) is 0 Å². The average molecular weight is 253 g/mol. The van der Waals surface area contributed by atoms with E-state index >= 15 is 0 Å². The van der Waals surface area contributed by atoms with Gasteiger partial charge in [0.1, 0.15) is 0 Å². The summed E-state index contributed by atoms with van der Waals surface area (Å²) in [6.45, 7) is 3.90. The first-order valence-corrected chi connectivity index (χ1v) is 6.97. The van der Waals surface area contributed by atoms with Gasteiger partial charge >= 0.3 is 0 Å². The van der Waals surface area contributed by atoms with Gasteiger partial charge < -0.3 is 5.32 Å². The van der Waals surface area contributed by atoms with Crippen LogP contribution in [-0.4, -0.2) is 17.4 Å². The second-order valence-electron chi connectivity index (χ2n) is 5.21. The lowest BCUT2D eigenvalue weighted by atomic mass is 9.88. The topological polar surface area (TPSA) is 24.9 Å². The van der Waals surface area contributed by atoms with Gasteiger partial charge in [0.15, 0.2) is 0 Å². The number of halogens is 1. The number of alkyl halides is 1. The van der Waals surface area contributed by atoms with E-state index in [1.165, 1.54) is 25.7 Å². The molecule has 0 unspecified atom stereocenters. The Morgan fingerprint density at radius 2 is 2.12 bits per heavy atom. The Morgan fingerprint density at radius 3 is 2.76 bits per heavy atom. The molecule has 0 radical (unpaired) electrons. The van der Waals surface area contributed by atoms with Crippen LogP contribution in [0.4, 0.5) is 0 Å². The number of hydrogen-bond acceptors (Lipinski definition) is 2. The summed E-state index contributed by atoms with van der Waals surface area (Å²) in [4.78, 5) is 4.49. The lowest BCUT2D eigenvalue weighted by molar-refractivity contribution is 0.319. The van der Waals surface area contributed by atoms with Gasteiger partial charge in [-0.1, -0.05) is 18.9 Å². The van der Waals surface area contributed by atoms with E-state index in [0.717, 1.165) is 30.4 Å². The van der Waals surface area contributed by atoms with Gasteiger partial charge in [0, 0.05) is 24.7 Å². The quantitative estimate of drug-likeness (QED) is 0.814. The normalized spacial score (nSPS) is 18.5. The molecule has 2 rings (SSSR count). The van der Waals surface area contributed by atoms with Gasteiger partial charge in [0.05, 0.1) is 5.69 Å². The summed E-state index contributed by atoms with van der Waals surface area (Å²) in [5, 5.41) is 3.52. The molecule has 0 saturated heterocycles. The van der Waals surface area contributed by atoms with Crippen molar-refractivity contribution in [3.05, 3.63) is 29.6 Å². The molecule has 1 heterocycles. The molecule has 0 aliphatic heterocycles. The molecule has 0 amide bonds. The zero-order valence-corrected chi connectivity index (χ0v) is 11.3. The van der Waals surface area contributed by atoms with Gasteiger partial charge in [-0.15, -0.1) is 11.6 Å². The fourth-order valence-corrected chi connectivity index (χ4v) is 3.00. The second kappa shape index (κ2) is 5.83. The lowest BCUT2D eigenvalue weighted by Gasteiger charge is -2.26. The molecule has 0 bridgehead atoms. The van der Waals surface area contributed by atoms with Crippen LogP contribution in [0.25, 0.3) is 0 Å². The molecule has 1 aromatic heterocycles. The zero-order valence-electron chi connectivity index (χ0n) is 10.5. The van der Waals surface area contributed by atoms with Gasteiger partial charge in [-0.05, 0) is 37.3 Å². The Hall–Kier alpha value is -0.600. The average Bonchev–Trinajstić information content (AvgIpc) is 2.79. The molecule has 1 saturated carbocycles. The number of hydrogen-bond donors (Lipinski definition) is 1. The first-order chi connectivity index (χ1) is 8.24. The maximum absolute atomic E-state index is 6.12. The van der Waals surface area contributed by atoms with Crippen LogP contribution in [-0.2, 0) is 6.54 Å². The van der Waals surface area contributed by atoms with Gasteiger partial charge in [-0.25, -0.2) is 0 Å². The van der Waals surface area contributed by atoms with E-state index < -0.39 is 0 Å². The van der Waals surface area contributed by atoms with Crippen molar-refractivity contribution < 1.29 is 0 Å². The van der Waals surface area contributed by atoms with Crippen LogP contribution in [0.15, 0.2) is 18.2 Å². The minimum Gasteiger partial charge on any atom is -0.311 e. The highest BCUT2D eigenvalue weighted by atomic mass is 35.5. The van der Waals surface area contributed by atoms with Crippen LogP contribution in [0.2, 0.25) is 0 Å². The fraction of sp³-hybridized carbons (Fsp3) is 0.643. The Kier molecular flexibility index (Phi) is 4.41. The highest BCUT2D eigenvalue weighted by molar-refractivity contribution is 6.18. The molecule has 3 heteroatoms. The molecular formula is C14H21ClN2. The van der Waals surface area contributed by atoms with Crippen LogP contribution in [0.5, 0.6) is 0 Å². The molecule has 2 nitrogen and oxygen atoms in total. The monoisotopic (exact) mass is 252 g/mol. The third-order valence-corrected chi connectivity index (χ3v) is 4.27. The molecule has 94 valence electrons. The number of pyridine rings is 1. The molecule has 1 aromatic rings. The van der Waals surface area contributed by atoms with Crippen LogP contribution in [0.3, 0.4) is 0 Å². The number of aryl methyl sites for hydroxylation is 1. The number of nitrogens with one attached hydrogen (secondary N) is 1. The smallest absolute Gasteiger partial charge is 0.0544 e. The van der Waals surface area contributed by atoms with Gasteiger partial charge in [0.25, 0.3) is 0 Å². The van der Waals surface area contributed by atoms with Crippen LogP contribution in [0.1, 0.15) is 37.1 Å². The van der Waals surface area contributed by atoms with Crippen LogP contribution < -0.4 is 5.32 Å². The van der Waals surface area contributed by atoms with Crippen LogP contribution >= 0.6 is 11.6 Å². The largest absolute Gasteiger partial charge is 0.311 e. The minimum atomic E-state index is 0.339. The Labute approximate surface area is 109 Å². The highest BCUT2D eigenvalue weighted by Crippen LogP contribution is 2.38. The zero-order chi connectivity index (χ0) is 12.1. The Morgan fingerprint density at radius 1 is 1.35 bits per heavy atom. The third kappa shape index (κ3) is 3.43. The van der Waals surface area contributed by atoms with Gasteiger partial charge in [-0.3, -0.25) is 4.98 Å². The molecular weight excluding hydrogens is 232 g/mol. The molecule has 1 fully saturated rings. The first-order valence-electron chi connectivity index (χ1n) is 6.43. The highest BCUT2D eigenvalue weighted by Gasteiger charge is 2.32. The standard InChI is InChI=1S/C14H21ClN2/c1-12-5-4-6-13(17-12)9-16-11-14(10-15)7-2-3-8-14/h4-6,16H,2-3,7-11H2,1H3. The van der Waals surface area contributed by atoms with Crippen molar-refractivity contribution in [2.24, 2.45) is 5.41 Å². The summed E-state index contributed by atoms with van der Waals surface area (Å²) in [6, 6.07) is 6.16. The molecule has 1 aliphatic rings. The van der Waals surface area contributed by atoms with Crippen molar-refractivity contribution in [1.29, 1.82) is 0 Å². The molecule has 1 N–H and O–H groups in total. The van der Waals surface area contributed by atoms with E-state index in [2.05, 4.69) is 22.4 Å². The summed E-state index contributed by atoms with van der Waals surface area (Å²) < 4.78 is 0. The third-order valence-electron chi connectivity index (χ3n) is 3.70. The van der Waals surface area contributed by atoms with E-state index in [-0.39, 0.29) is 0 Å². The summed E-state index contributed by atoms with van der Waals surface area (Å²) in [6.07, 6.45) is 5.20. The van der Waals surface area contributed by atoms with Crippen molar-refractivity contribution in [3.8, 4) is 0 Å². The Bertz CT molecular complexity index is 359. The summed E-state index contributed by atoms with van der Waals surface area (Å²) in [5.74, 6) is 0.779. The fourth-order valence-electron chi connectivity index (χ4n) is 2.64. The maximum atomic E-state index is 6.12. The summed E-state index contributed by atoms with van der Waals surface area (Å²) in [7, 11) is 0. The summed E-state index contributed by atoms with van der Waals surface area (Å²) >= 11 is 6.12. The minimum absolute atomic E-state index is 0.339. The Balaban J connectivity index is 1.82. The van der Waals surface area contributed by atoms with Crippen LogP contribution in [0, 0.1) is 12.3 Å². The van der Waals surface area contributed by atoms with Crippen molar-refractivity contribution in [1.82, 2.24) is 10.3 Å². The molecule has 0 atom stereocenters. The van der Waals surface area contributed by atoms with Crippen molar-refractivity contribution in [3.63, 3.8) is 0 Å². The van der Waals surface area contributed by atoms with E-state index in [4.69, 9.17) is 11.6 Å². The van der Waals surface area contributed by atoms with Crippen molar-refractivity contribution in [2.75, 3.05) is 12.4 Å². The molecule has 0 spiro atoms. The number of nitrogens with zero attached hydrogens (tertiary/aromatic N) is 1. The number of aromatic nitrogens is 1. The second-order valence-corrected chi connectivity index (χ2v) is 5.48. The van der Waals surface area contributed by atoms with Gasteiger partial charge in [0.2, 0.25) is 0 Å². The molecule has 17 heavy (non-hydrogen) atoms. The maximum Gasteiger partial charge on any atom is 0.0544 e. The summed E-state index contributed by atoms with van der Waals surface area (Å²) in [5.41, 5.74) is 2.54. The van der Waals surface area contributed by atoms with E-state index in [1.54, 1.807) is 0 Å². The lowest BCUT2D eigenvalue weighted by Crippen LogP contribution is -2.33. The van der Waals surface area contributed by atoms with E-state index in [1.807, 2.05) is 13.0 Å². The van der Waals surface area contributed by atoms with E-state index in [9.17, 15) is 0 Å². The molecule has 1 aliphatic carbocycles. The predicted molar refractivity (Wildman–Crippen MR) is 72.3 cm³/mol. The first kappa shape index (κ1) is 12.8. The van der Waals surface area contributed by atoms with Crippen molar-refractivity contribution in [2.45, 2.75) is 39.2 Å². The van der Waals surface area contributed by atoms with Crippen molar-refractivity contribution >= 4 is 11.6 Å². The number of rotatable bonds is 5. The SMILES string of the molecule is Cc1cccc(CNCC2(CCl)CCCC2)n1. The predicted octanol–water partition coefficient (Wildman–Crippen LogP) is 3.28. The molecule has 0 aromatic carbocycles.